The maximum atomic E-state index is 12.8. The highest BCUT2D eigenvalue weighted by Crippen LogP contribution is 2.25. The van der Waals surface area contributed by atoms with Crippen LogP contribution in [0.5, 0.6) is 5.75 Å². The van der Waals surface area contributed by atoms with E-state index in [-0.39, 0.29) is 25.5 Å². The van der Waals surface area contributed by atoms with Crippen molar-refractivity contribution >= 4 is 23.4 Å². The fourth-order valence-electron chi connectivity index (χ4n) is 3.52. The minimum Gasteiger partial charge on any atom is -0.490 e. The summed E-state index contributed by atoms with van der Waals surface area (Å²) in [6.07, 6.45) is 5.44. The Labute approximate surface area is 181 Å². The molecule has 0 spiro atoms. The van der Waals surface area contributed by atoms with E-state index in [0.29, 0.717) is 30.3 Å². The number of nitrogens with zero attached hydrogens (tertiary/aromatic N) is 2. The number of aryl methyl sites for hydroxylation is 1. The van der Waals surface area contributed by atoms with Crippen molar-refractivity contribution in [1.82, 2.24) is 9.88 Å². The van der Waals surface area contributed by atoms with Gasteiger partial charge in [0, 0.05) is 30.4 Å². The summed E-state index contributed by atoms with van der Waals surface area (Å²) in [4.78, 5) is 30.2. The molecule has 0 bridgehead atoms. The highest BCUT2D eigenvalue weighted by Gasteiger charge is 2.40. The van der Waals surface area contributed by atoms with Crippen LogP contribution in [0.4, 0.5) is 0 Å². The van der Waals surface area contributed by atoms with Crippen molar-refractivity contribution in [2.24, 2.45) is 5.73 Å². The Morgan fingerprint density at radius 3 is 2.63 bits per heavy atom. The number of aromatic nitrogens is 1. The first kappa shape index (κ1) is 22.1. The van der Waals surface area contributed by atoms with E-state index < -0.39 is 11.5 Å². The predicted molar refractivity (Wildman–Crippen MR) is 113 cm³/mol. The topological polar surface area (TPSA) is 94.8 Å². The summed E-state index contributed by atoms with van der Waals surface area (Å²) in [5, 5.41) is 0.603. The SMILES string of the molecule is NC(=O)C[C@@]1(COc2ccc(Cl)cc2)CN(C(=O)CCCc2ccncc2)CCO1. The zero-order valence-electron chi connectivity index (χ0n) is 16.8. The Hall–Kier alpha value is -2.64. The third-order valence-electron chi connectivity index (χ3n) is 5.02. The number of rotatable bonds is 9. The highest BCUT2D eigenvalue weighted by atomic mass is 35.5. The van der Waals surface area contributed by atoms with E-state index in [9.17, 15) is 9.59 Å². The van der Waals surface area contributed by atoms with Crippen LogP contribution in [0.2, 0.25) is 5.02 Å². The summed E-state index contributed by atoms with van der Waals surface area (Å²) >= 11 is 5.90. The molecule has 8 heteroatoms. The van der Waals surface area contributed by atoms with Crippen LogP contribution < -0.4 is 10.5 Å². The van der Waals surface area contributed by atoms with Gasteiger partial charge in [0.05, 0.1) is 19.6 Å². The van der Waals surface area contributed by atoms with Crippen molar-refractivity contribution in [2.75, 3.05) is 26.3 Å². The Morgan fingerprint density at radius 2 is 1.93 bits per heavy atom. The van der Waals surface area contributed by atoms with Gasteiger partial charge in [-0.25, -0.2) is 0 Å². The lowest BCUT2D eigenvalue weighted by Crippen LogP contribution is -2.58. The molecule has 1 fully saturated rings. The molecule has 1 aliphatic rings. The lowest BCUT2D eigenvalue weighted by atomic mass is 9.97. The fraction of sp³-hybridized carbons (Fsp3) is 0.409. The van der Waals surface area contributed by atoms with Crippen LogP contribution in [0, 0.1) is 0 Å². The average Bonchev–Trinajstić information content (AvgIpc) is 2.74. The zero-order chi connectivity index (χ0) is 21.4. The van der Waals surface area contributed by atoms with Crippen LogP contribution in [0.3, 0.4) is 0 Å². The first-order valence-corrected chi connectivity index (χ1v) is 10.3. The molecule has 0 aliphatic carbocycles. The van der Waals surface area contributed by atoms with E-state index in [0.717, 1.165) is 18.4 Å². The van der Waals surface area contributed by atoms with Crippen molar-refractivity contribution < 1.29 is 19.1 Å². The number of hydrogen-bond acceptors (Lipinski definition) is 5. The Morgan fingerprint density at radius 1 is 1.20 bits per heavy atom. The second-order valence-electron chi connectivity index (χ2n) is 7.44. The standard InChI is InChI=1S/C22H26ClN3O4/c23-18-4-6-19(7-5-18)29-16-22(14-20(24)27)15-26(12-13-30-22)21(28)3-1-2-17-8-10-25-11-9-17/h4-11H,1-3,12-16H2,(H2,24,27)/t22-/m0/s1. The van der Waals surface area contributed by atoms with Crippen LogP contribution in [0.25, 0.3) is 0 Å². The van der Waals surface area contributed by atoms with Gasteiger partial charge in [-0.05, 0) is 54.8 Å². The molecule has 1 aromatic carbocycles. The molecular formula is C22H26ClN3O4. The van der Waals surface area contributed by atoms with Crippen LogP contribution in [0.15, 0.2) is 48.8 Å². The minimum absolute atomic E-state index is 0.0264. The largest absolute Gasteiger partial charge is 0.490 e. The van der Waals surface area contributed by atoms with E-state index in [1.165, 1.54) is 0 Å². The molecule has 0 unspecified atom stereocenters. The molecule has 30 heavy (non-hydrogen) atoms. The zero-order valence-corrected chi connectivity index (χ0v) is 17.5. The van der Waals surface area contributed by atoms with Gasteiger partial charge in [0.1, 0.15) is 18.0 Å². The maximum absolute atomic E-state index is 12.8. The molecule has 2 N–H and O–H groups in total. The maximum Gasteiger partial charge on any atom is 0.222 e. The molecular weight excluding hydrogens is 406 g/mol. The number of hydrogen-bond donors (Lipinski definition) is 1. The summed E-state index contributed by atoms with van der Waals surface area (Å²) in [6, 6.07) is 10.8. The minimum atomic E-state index is -0.968. The molecule has 2 heterocycles. The summed E-state index contributed by atoms with van der Waals surface area (Å²) in [7, 11) is 0. The first-order valence-electron chi connectivity index (χ1n) is 9.93. The van der Waals surface area contributed by atoms with E-state index in [1.54, 1.807) is 41.6 Å². The summed E-state index contributed by atoms with van der Waals surface area (Å²) in [5.41, 5.74) is 5.65. The van der Waals surface area contributed by atoms with Gasteiger partial charge in [-0.2, -0.15) is 0 Å². The lowest BCUT2D eigenvalue weighted by molar-refractivity contribution is -0.161. The van der Waals surface area contributed by atoms with Crippen molar-refractivity contribution in [2.45, 2.75) is 31.3 Å². The smallest absolute Gasteiger partial charge is 0.222 e. The van der Waals surface area contributed by atoms with Gasteiger partial charge in [-0.1, -0.05) is 11.6 Å². The fourth-order valence-corrected chi connectivity index (χ4v) is 3.64. The molecule has 0 saturated carbocycles. The third-order valence-corrected chi connectivity index (χ3v) is 5.27. The van der Waals surface area contributed by atoms with E-state index in [2.05, 4.69) is 4.98 Å². The Balaban J connectivity index is 1.58. The normalized spacial score (nSPS) is 18.8. The highest BCUT2D eigenvalue weighted by molar-refractivity contribution is 6.30. The second-order valence-corrected chi connectivity index (χ2v) is 7.88. The van der Waals surface area contributed by atoms with Gasteiger partial charge >= 0.3 is 0 Å². The number of benzene rings is 1. The summed E-state index contributed by atoms with van der Waals surface area (Å²) < 4.78 is 11.8. The van der Waals surface area contributed by atoms with Gasteiger partial charge in [0.25, 0.3) is 0 Å². The monoisotopic (exact) mass is 431 g/mol. The number of carbonyl (C=O) groups is 2. The van der Waals surface area contributed by atoms with Crippen LogP contribution in [-0.2, 0) is 20.7 Å². The molecule has 1 saturated heterocycles. The van der Waals surface area contributed by atoms with E-state index >= 15 is 0 Å². The number of morpholine rings is 1. The number of ether oxygens (including phenoxy) is 2. The molecule has 1 aliphatic heterocycles. The number of amides is 2. The van der Waals surface area contributed by atoms with Gasteiger partial charge in [0.2, 0.25) is 11.8 Å². The number of carbonyl (C=O) groups excluding carboxylic acids is 2. The van der Waals surface area contributed by atoms with Crippen LogP contribution in [-0.4, -0.2) is 53.6 Å². The third kappa shape index (κ3) is 6.43. The van der Waals surface area contributed by atoms with E-state index in [4.69, 9.17) is 26.8 Å². The molecule has 1 aromatic heterocycles. The number of halogens is 1. The van der Waals surface area contributed by atoms with Gasteiger partial charge in [-0.15, -0.1) is 0 Å². The van der Waals surface area contributed by atoms with E-state index in [1.807, 2.05) is 12.1 Å². The van der Waals surface area contributed by atoms with Crippen molar-refractivity contribution in [3.8, 4) is 5.75 Å². The molecule has 2 amide bonds. The number of pyridine rings is 1. The van der Waals surface area contributed by atoms with Crippen molar-refractivity contribution in [1.29, 1.82) is 0 Å². The summed E-state index contributed by atoms with van der Waals surface area (Å²) in [6.45, 7) is 1.18. The number of nitrogens with two attached hydrogens (primary N) is 1. The predicted octanol–water partition coefficient (Wildman–Crippen LogP) is 2.61. The Bertz CT molecular complexity index is 847. The first-order chi connectivity index (χ1) is 14.5. The van der Waals surface area contributed by atoms with Gasteiger partial charge in [-0.3, -0.25) is 14.6 Å². The molecule has 3 rings (SSSR count). The average molecular weight is 432 g/mol. The lowest BCUT2D eigenvalue weighted by Gasteiger charge is -2.42. The van der Waals surface area contributed by atoms with Gasteiger partial charge in [0.15, 0.2) is 0 Å². The van der Waals surface area contributed by atoms with Gasteiger partial charge < -0.3 is 20.1 Å². The molecule has 7 nitrogen and oxygen atoms in total. The molecule has 160 valence electrons. The van der Waals surface area contributed by atoms with Crippen LogP contribution >= 0.6 is 11.6 Å². The molecule has 2 aromatic rings. The quantitative estimate of drug-likeness (QED) is 0.658. The van der Waals surface area contributed by atoms with Crippen molar-refractivity contribution in [3.05, 3.63) is 59.4 Å². The molecule has 0 radical (unpaired) electrons. The van der Waals surface area contributed by atoms with Crippen LogP contribution in [0.1, 0.15) is 24.8 Å². The number of primary amides is 1. The second kappa shape index (κ2) is 10.4. The summed E-state index contributed by atoms with van der Waals surface area (Å²) in [5.74, 6) is 0.141. The molecule has 1 atom stereocenters. The Kier molecular flexibility index (Phi) is 7.65. The van der Waals surface area contributed by atoms with Crippen molar-refractivity contribution in [3.63, 3.8) is 0 Å².